The minimum absolute atomic E-state index is 0.264. The molecule has 0 spiro atoms. The van der Waals surface area contributed by atoms with Gasteiger partial charge in [0.25, 0.3) is 5.91 Å². The van der Waals surface area contributed by atoms with E-state index in [-0.39, 0.29) is 5.91 Å². The maximum absolute atomic E-state index is 12.6. The Morgan fingerprint density at radius 2 is 1.77 bits per heavy atom. The number of rotatable bonds is 8. The molecule has 0 unspecified atom stereocenters. The fourth-order valence-corrected chi connectivity index (χ4v) is 3.64. The van der Waals surface area contributed by atoms with Gasteiger partial charge >= 0.3 is 0 Å². The Kier molecular flexibility index (Phi) is 7.36. The van der Waals surface area contributed by atoms with E-state index < -0.39 is 0 Å². The number of carbonyl (C=O) groups is 1. The molecule has 7 nitrogen and oxygen atoms in total. The fourth-order valence-electron chi connectivity index (χ4n) is 3.64. The van der Waals surface area contributed by atoms with Crippen molar-refractivity contribution in [2.45, 2.75) is 13.1 Å². The highest BCUT2D eigenvalue weighted by molar-refractivity contribution is 6.05. The standard InChI is InChI=1S/C28H25N5O2/c1-35-24-6-4-5-19(14-24)16-31-17-20-13-23(15-29)27(32-18-20)21-9-11-22(12-10-21)28(34)33-26-8-3-2-7-25(26)30/h2-14,18,31H,16-17,30H2,1H3,(H,33,34). The molecule has 0 radical (unpaired) electrons. The van der Waals surface area contributed by atoms with Gasteiger partial charge in [-0.1, -0.05) is 36.4 Å². The van der Waals surface area contributed by atoms with Gasteiger partial charge in [0.1, 0.15) is 11.8 Å². The second-order valence-corrected chi connectivity index (χ2v) is 7.93. The minimum Gasteiger partial charge on any atom is -0.497 e. The molecule has 1 amide bonds. The van der Waals surface area contributed by atoms with Crippen molar-refractivity contribution in [2.24, 2.45) is 0 Å². The van der Waals surface area contributed by atoms with E-state index in [9.17, 15) is 10.1 Å². The molecule has 0 aliphatic rings. The number of amides is 1. The summed E-state index contributed by atoms with van der Waals surface area (Å²) in [6.45, 7) is 1.24. The summed E-state index contributed by atoms with van der Waals surface area (Å²) in [6.07, 6.45) is 1.76. The van der Waals surface area contributed by atoms with E-state index in [1.54, 1.807) is 49.7 Å². The summed E-state index contributed by atoms with van der Waals surface area (Å²) in [5, 5.41) is 15.9. The third-order valence-corrected chi connectivity index (χ3v) is 5.49. The lowest BCUT2D eigenvalue weighted by molar-refractivity contribution is 0.102. The van der Waals surface area contributed by atoms with Crippen LogP contribution in [0.1, 0.15) is 27.0 Å². The molecule has 0 aliphatic heterocycles. The van der Waals surface area contributed by atoms with E-state index in [0.717, 1.165) is 22.4 Å². The Morgan fingerprint density at radius 3 is 2.51 bits per heavy atom. The van der Waals surface area contributed by atoms with Crippen molar-refractivity contribution >= 4 is 17.3 Å². The summed E-state index contributed by atoms with van der Waals surface area (Å²) in [4.78, 5) is 17.1. The molecule has 0 aliphatic carbocycles. The summed E-state index contributed by atoms with van der Waals surface area (Å²) < 4.78 is 5.26. The first kappa shape index (κ1) is 23.5. The van der Waals surface area contributed by atoms with Gasteiger partial charge in [-0.3, -0.25) is 9.78 Å². The number of nitrogens with one attached hydrogen (secondary N) is 2. The number of nitrogens with two attached hydrogens (primary N) is 1. The number of nitrogens with zero attached hydrogens (tertiary/aromatic N) is 2. The lowest BCUT2D eigenvalue weighted by atomic mass is 10.0. The van der Waals surface area contributed by atoms with Gasteiger partial charge < -0.3 is 21.1 Å². The number of hydrogen-bond acceptors (Lipinski definition) is 6. The highest BCUT2D eigenvalue weighted by atomic mass is 16.5. The minimum atomic E-state index is -0.264. The molecule has 4 aromatic rings. The number of nitrogen functional groups attached to an aromatic ring is 1. The SMILES string of the molecule is COc1cccc(CNCc2cnc(-c3ccc(C(=O)Nc4ccccc4N)cc3)c(C#N)c2)c1. The summed E-state index contributed by atoms with van der Waals surface area (Å²) in [6, 6.07) is 26.0. The number of anilines is 2. The molecular weight excluding hydrogens is 438 g/mol. The number of benzene rings is 3. The van der Waals surface area contributed by atoms with Gasteiger partial charge in [-0.15, -0.1) is 0 Å². The molecule has 4 rings (SSSR count). The lowest BCUT2D eigenvalue weighted by Crippen LogP contribution is -2.13. The Balaban J connectivity index is 1.42. The first-order chi connectivity index (χ1) is 17.1. The number of aromatic nitrogens is 1. The molecule has 35 heavy (non-hydrogen) atoms. The third-order valence-electron chi connectivity index (χ3n) is 5.49. The molecule has 0 fully saturated rings. The molecular formula is C28H25N5O2. The van der Waals surface area contributed by atoms with Crippen LogP contribution >= 0.6 is 0 Å². The van der Waals surface area contributed by atoms with Crippen molar-refractivity contribution < 1.29 is 9.53 Å². The summed E-state index contributed by atoms with van der Waals surface area (Å²) in [7, 11) is 1.65. The van der Waals surface area contributed by atoms with Crippen LogP contribution in [0.5, 0.6) is 5.75 Å². The van der Waals surface area contributed by atoms with Crippen molar-refractivity contribution in [2.75, 3.05) is 18.2 Å². The van der Waals surface area contributed by atoms with Gasteiger partial charge in [-0.25, -0.2) is 0 Å². The van der Waals surface area contributed by atoms with Crippen molar-refractivity contribution in [1.29, 1.82) is 5.26 Å². The van der Waals surface area contributed by atoms with Crippen LogP contribution in [0, 0.1) is 11.3 Å². The molecule has 3 aromatic carbocycles. The normalized spacial score (nSPS) is 10.4. The third kappa shape index (κ3) is 5.82. The number of para-hydroxylation sites is 2. The van der Waals surface area contributed by atoms with Crippen LogP contribution in [-0.4, -0.2) is 18.0 Å². The molecule has 7 heteroatoms. The van der Waals surface area contributed by atoms with Crippen molar-refractivity contribution in [3.05, 3.63) is 107 Å². The first-order valence-electron chi connectivity index (χ1n) is 11.1. The molecule has 0 atom stereocenters. The molecule has 1 aromatic heterocycles. The van der Waals surface area contributed by atoms with Crippen LogP contribution in [0.4, 0.5) is 11.4 Å². The van der Waals surface area contributed by atoms with Crippen molar-refractivity contribution in [1.82, 2.24) is 10.3 Å². The van der Waals surface area contributed by atoms with Crippen LogP contribution < -0.4 is 21.1 Å². The zero-order valence-corrected chi connectivity index (χ0v) is 19.3. The Bertz CT molecular complexity index is 1380. The maximum atomic E-state index is 12.6. The van der Waals surface area contributed by atoms with E-state index in [1.165, 1.54) is 0 Å². The van der Waals surface area contributed by atoms with Crippen LogP contribution in [0.2, 0.25) is 0 Å². The van der Waals surface area contributed by atoms with Gasteiger partial charge in [-0.05, 0) is 53.6 Å². The number of ether oxygens (including phenoxy) is 1. The monoisotopic (exact) mass is 463 g/mol. The zero-order valence-electron chi connectivity index (χ0n) is 19.3. The van der Waals surface area contributed by atoms with Gasteiger partial charge in [0.2, 0.25) is 0 Å². The Morgan fingerprint density at radius 1 is 1.00 bits per heavy atom. The van der Waals surface area contributed by atoms with Gasteiger partial charge in [0, 0.05) is 30.4 Å². The van der Waals surface area contributed by atoms with E-state index in [1.807, 2.05) is 42.5 Å². The second kappa shape index (κ2) is 11.0. The molecule has 0 bridgehead atoms. The quantitative estimate of drug-likeness (QED) is 0.325. The Hall–Kier alpha value is -4.67. The first-order valence-corrected chi connectivity index (χ1v) is 11.1. The van der Waals surface area contributed by atoms with Crippen LogP contribution in [0.25, 0.3) is 11.3 Å². The lowest BCUT2D eigenvalue weighted by Gasteiger charge is -2.10. The van der Waals surface area contributed by atoms with E-state index in [2.05, 4.69) is 21.7 Å². The van der Waals surface area contributed by atoms with E-state index >= 15 is 0 Å². The van der Waals surface area contributed by atoms with Crippen LogP contribution in [0.3, 0.4) is 0 Å². The van der Waals surface area contributed by atoms with E-state index in [0.29, 0.717) is 41.3 Å². The fraction of sp³-hybridized carbons (Fsp3) is 0.107. The summed E-state index contributed by atoms with van der Waals surface area (Å²) >= 11 is 0. The number of carbonyl (C=O) groups excluding carboxylic acids is 1. The largest absolute Gasteiger partial charge is 0.497 e. The van der Waals surface area contributed by atoms with Gasteiger partial charge in [-0.2, -0.15) is 5.26 Å². The predicted octanol–water partition coefficient (Wildman–Crippen LogP) is 4.75. The predicted molar refractivity (Wildman–Crippen MR) is 137 cm³/mol. The molecule has 0 saturated carbocycles. The highest BCUT2D eigenvalue weighted by Crippen LogP contribution is 2.23. The smallest absolute Gasteiger partial charge is 0.255 e. The number of methoxy groups -OCH3 is 1. The number of hydrogen-bond donors (Lipinski definition) is 3. The van der Waals surface area contributed by atoms with Crippen LogP contribution in [-0.2, 0) is 13.1 Å². The van der Waals surface area contributed by atoms with Gasteiger partial charge in [0.15, 0.2) is 0 Å². The van der Waals surface area contributed by atoms with Crippen molar-refractivity contribution in [3.8, 4) is 23.1 Å². The van der Waals surface area contributed by atoms with Crippen molar-refractivity contribution in [3.63, 3.8) is 0 Å². The average molecular weight is 464 g/mol. The highest BCUT2D eigenvalue weighted by Gasteiger charge is 2.11. The summed E-state index contributed by atoms with van der Waals surface area (Å²) in [5.41, 5.74) is 11.3. The molecule has 1 heterocycles. The molecule has 174 valence electrons. The number of nitriles is 1. The number of pyridine rings is 1. The van der Waals surface area contributed by atoms with Crippen LogP contribution in [0.15, 0.2) is 85.1 Å². The zero-order chi connectivity index (χ0) is 24.6. The maximum Gasteiger partial charge on any atom is 0.255 e. The second-order valence-electron chi connectivity index (χ2n) is 7.93. The Labute approximate surface area is 204 Å². The molecule has 0 saturated heterocycles. The molecule has 4 N–H and O–H groups in total. The topological polar surface area (TPSA) is 113 Å². The average Bonchev–Trinajstić information content (AvgIpc) is 2.90. The summed E-state index contributed by atoms with van der Waals surface area (Å²) in [5.74, 6) is 0.551. The van der Waals surface area contributed by atoms with E-state index in [4.69, 9.17) is 10.5 Å². The van der Waals surface area contributed by atoms with Gasteiger partial charge in [0.05, 0.1) is 29.7 Å².